The molecule has 2 aromatic carbocycles. The molecule has 1 heterocycles. The third-order valence-corrected chi connectivity index (χ3v) is 5.57. The van der Waals surface area contributed by atoms with E-state index in [2.05, 4.69) is 0 Å². The Labute approximate surface area is 172 Å². The lowest BCUT2D eigenvalue weighted by Crippen LogP contribution is -2.46. The number of carbonyl (C=O) groups excluding carboxylic acids is 2. The molecule has 4 nitrogen and oxygen atoms in total. The first-order chi connectivity index (χ1) is 13.9. The molecular weight excluding hydrogens is 367 g/mol. The zero-order chi connectivity index (χ0) is 20.8. The Morgan fingerprint density at radius 1 is 1.00 bits per heavy atom. The lowest BCUT2D eigenvalue weighted by molar-refractivity contribution is -0.142. The van der Waals surface area contributed by atoms with Crippen LogP contribution in [0.1, 0.15) is 37.8 Å². The molecule has 1 saturated heterocycles. The highest BCUT2D eigenvalue weighted by molar-refractivity contribution is 5.81. The van der Waals surface area contributed by atoms with Gasteiger partial charge in [0.15, 0.2) is 0 Å². The predicted molar refractivity (Wildman–Crippen MR) is 112 cm³/mol. The average Bonchev–Trinajstić information content (AvgIpc) is 2.74. The summed E-state index contributed by atoms with van der Waals surface area (Å²) in [5, 5.41) is 0. The Hall–Kier alpha value is -2.69. The molecule has 0 aliphatic carbocycles. The van der Waals surface area contributed by atoms with Crippen molar-refractivity contribution in [1.29, 1.82) is 0 Å². The first kappa shape index (κ1) is 21.0. The van der Waals surface area contributed by atoms with E-state index in [-0.39, 0.29) is 36.0 Å². The normalized spacial score (nSPS) is 14.8. The van der Waals surface area contributed by atoms with Crippen LogP contribution in [-0.2, 0) is 22.6 Å². The lowest BCUT2D eigenvalue weighted by atomic mass is 9.94. The fourth-order valence-corrected chi connectivity index (χ4v) is 3.79. The van der Waals surface area contributed by atoms with Gasteiger partial charge < -0.3 is 9.80 Å². The minimum atomic E-state index is -0.300. The third-order valence-electron chi connectivity index (χ3n) is 5.57. The van der Waals surface area contributed by atoms with Gasteiger partial charge in [0.25, 0.3) is 0 Å². The van der Waals surface area contributed by atoms with Crippen molar-refractivity contribution in [3.63, 3.8) is 0 Å². The molecule has 0 radical (unpaired) electrons. The molecule has 1 fully saturated rings. The van der Waals surface area contributed by atoms with Crippen molar-refractivity contribution in [2.45, 2.75) is 45.7 Å². The molecule has 0 atom stereocenters. The largest absolute Gasteiger partial charge is 0.342 e. The Kier molecular flexibility index (Phi) is 7.02. The van der Waals surface area contributed by atoms with Gasteiger partial charge in [-0.25, -0.2) is 4.39 Å². The highest BCUT2D eigenvalue weighted by atomic mass is 19.1. The second-order valence-electron chi connectivity index (χ2n) is 8.00. The first-order valence-corrected chi connectivity index (χ1v) is 10.3. The number of piperidine rings is 1. The molecule has 2 amide bonds. The first-order valence-electron chi connectivity index (χ1n) is 10.3. The van der Waals surface area contributed by atoms with Gasteiger partial charge in [-0.05, 0) is 49.9 Å². The maximum Gasteiger partial charge on any atom is 0.226 e. The summed E-state index contributed by atoms with van der Waals surface area (Å²) in [6.45, 7) is 5.88. The molecular formula is C24H29FN2O2. The van der Waals surface area contributed by atoms with Crippen LogP contribution in [0.15, 0.2) is 54.6 Å². The molecule has 2 aromatic rings. The number of amides is 2. The SMILES string of the molecule is CC(C)N(Cc1ccccc1)C(=O)C1CCN(C(=O)Cc2ccc(F)cc2)CC1. The number of rotatable bonds is 6. The van der Waals surface area contributed by atoms with Gasteiger partial charge in [-0.2, -0.15) is 0 Å². The summed E-state index contributed by atoms with van der Waals surface area (Å²) in [7, 11) is 0. The second kappa shape index (κ2) is 9.68. The van der Waals surface area contributed by atoms with Crippen LogP contribution < -0.4 is 0 Å². The maximum absolute atomic E-state index is 13.1. The van der Waals surface area contributed by atoms with E-state index in [4.69, 9.17) is 0 Å². The van der Waals surface area contributed by atoms with Gasteiger partial charge in [0.05, 0.1) is 6.42 Å². The second-order valence-corrected chi connectivity index (χ2v) is 8.00. The van der Waals surface area contributed by atoms with E-state index in [9.17, 15) is 14.0 Å². The Morgan fingerprint density at radius 2 is 1.62 bits per heavy atom. The summed E-state index contributed by atoms with van der Waals surface area (Å²) >= 11 is 0. The summed E-state index contributed by atoms with van der Waals surface area (Å²) in [6, 6.07) is 16.2. The van der Waals surface area contributed by atoms with E-state index in [1.54, 1.807) is 12.1 Å². The predicted octanol–water partition coefficient (Wildman–Crippen LogP) is 4.04. The Balaban J connectivity index is 1.54. The fraction of sp³-hybridized carbons (Fsp3) is 0.417. The van der Waals surface area contributed by atoms with Crippen molar-refractivity contribution >= 4 is 11.8 Å². The maximum atomic E-state index is 13.1. The van der Waals surface area contributed by atoms with Crippen LogP contribution in [0, 0.1) is 11.7 Å². The summed E-state index contributed by atoms with van der Waals surface area (Å²) < 4.78 is 13.0. The quantitative estimate of drug-likeness (QED) is 0.739. The minimum Gasteiger partial charge on any atom is -0.342 e. The van der Waals surface area contributed by atoms with E-state index >= 15 is 0 Å². The molecule has 154 valence electrons. The molecule has 0 N–H and O–H groups in total. The highest BCUT2D eigenvalue weighted by Gasteiger charge is 2.31. The lowest BCUT2D eigenvalue weighted by Gasteiger charge is -2.36. The van der Waals surface area contributed by atoms with E-state index in [0.717, 1.165) is 11.1 Å². The number of hydrogen-bond donors (Lipinski definition) is 0. The molecule has 0 saturated carbocycles. The monoisotopic (exact) mass is 396 g/mol. The molecule has 0 bridgehead atoms. The molecule has 1 aliphatic heterocycles. The van der Waals surface area contributed by atoms with Crippen molar-refractivity contribution in [1.82, 2.24) is 9.80 Å². The average molecular weight is 397 g/mol. The van der Waals surface area contributed by atoms with Gasteiger partial charge in [-0.15, -0.1) is 0 Å². The van der Waals surface area contributed by atoms with Crippen molar-refractivity contribution < 1.29 is 14.0 Å². The summed E-state index contributed by atoms with van der Waals surface area (Å²) in [6.07, 6.45) is 1.64. The molecule has 5 heteroatoms. The van der Waals surface area contributed by atoms with Crippen LogP contribution in [0.3, 0.4) is 0 Å². The summed E-state index contributed by atoms with van der Waals surface area (Å²) in [5.74, 6) is -0.135. The van der Waals surface area contributed by atoms with Gasteiger partial charge >= 0.3 is 0 Å². The molecule has 3 rings (SSSR count). The number of nitrogens with zero attached hydrogens (tertiary/aromatic N) is 2. The van der Waals surface area contributed by atoms with Gasteiger partial charge in [0.2, 0.25) is 11.8 Å². The van der Waals surface area contributed by atoms with Gasteiger partial charge in [0.1, 0.15) is 5.82 Å². The zero-order valence-electron chi connectivity index (χ0n) is 17.2. The van der Waals surface area contributed by atoms with Gasteiger partial charge in [0, 0.05) is 31.6 Å². The van der Waals surface area contributed by atoms with E-state index in [1.807, 2.05) is 54.0 Å². The van der Waals surface area contributed by atoms with E-state index in [0.29, 0.717) is 32.5 Å². The van der Waals surface area contributed by atoms with Crippen LogP contribution in [-0.4, -0.2) is 40.7 Å². The zero-order valence-corrected chi connectivity index (χ0v) is 17.2. The van der Waals surface area contributed by atoms with Crippen molar-refractivity contribution in [3.05, 3.63) is 71.5 Å². The standard InChI is InChI=1S/C24H29FN2O2/c1-18(2)27(17-20-6-4-3-5-7-20)24(29)21-12-14-26(15-13-21)23(28)16-19-8-10-22(25)11-9-19/h3-11,18,21H,12-17H2,1-2H3. The molecule has 1 aliphatic rings. The number of carbonyl (C=O) groups is 2. The topological polar surface area (TPSA) is 40.6 Å². The van der Waals surface area contributed by atoms with E-state index in [1.165, 1.54) is 12.1 Å². The number of likely N-dealkylation sites (tertiary alicyclic amines) is 1. The molecule has 0 unspecified atom stereocenters. The van der Waals surface area contributed by atoms with E-state index < -0.39 is 0 Å². The third kappa shape index (κ3) is 5.66. The minimum absolute atomic E-state index is 0.0347. The Bertz CT molecular complexity index is 813. The molecule has 29 heavy (non-hydrogen) atoms. The summed E-state index contributed by atoms with van der Waals surface area (Å²) in [4.78, 5) is 29.4. The van der Waals surface area contributed by atoms with Crippen LogP contribution in [0.5, 0.6) is 0 Å². The Morgan fingerprint density at radius 3 is 2.21 bits per heavy atom. The number of benzene rings is 2. The number of hydrogen-bond acceptors (Lipinski definition) is 2. The highest BCUT2D eigenvalue weighted by Crippen LogP contribution is 2.23. The van der Waals surface area contributed by atoms with Crippen LogP contribution >= 0.6 is 0 Å². The van der Waals surface area contributed by atoms with Crippen LogP contribution in [0.4, 0.5) is 4.39 Å². The van der Waals surface area contributed by atoms with Crippen LogP contribution in [0.2, 0.25) is 0 Å². The van der Waals surface area contributed by atoms with Crippen molar-refractivity contribution in [2.24, 2.45) is 5.92 Å². The van der Waals surface area contributed by atoms with Crippen molar-refractivity contribution in [2.75, 3.05) is 13.1 Å². The number of halogens is 1. The van der Waals surface area contributed by atoms with Gasteiger partial charge in [-0.3, -0.25) is 9.59 Å². The summed E-state index contributed by atoms with van der Waals surface area (Å²) in [5.41, 5.74) is 1.94. The van der Waals surface area contributed by atoms with Crippen LogP contribution in [0.25, 0.3) is 0 Å². The van der Waals surface area contributed by atoms with Crippen molar-refractivity contribution in [3.8, 4) is 0 Å². The fourth-order valence-electron chi connectivity index (χ4n) is 3.79. The molecule has 0 spiro atoms. The smallest absolute Gasteiger partial charge is 0.226 e. The molecule has 0 aromatic heterocycles. The van der Waals surface area contributed by atoms with Gasteiger partial charge in [-0.1, -0.05) is 42.5 Å².